The molecule has 1 aromatic rings. The molecule has 1 saturated heterocycles. The topological polar surface area (TPSA) is 82.2 Å². The first-order valence-electron chi connectivity index (χ1n) is 4.88. The van der Waals surface area contributed by atoms with Gasteiger partial charge in [-0.1, -0.05) is 0 Å². The van der Waals surface area contributed by atoms with E-state index in [1.807, 2.05) is 0 Å². The van der Waals surface area contributed by atoms with Crippen molar-refractivity contribution < 1.29 is 9.90 Å². The second-order valence-corrected chi connectivity index (χ2v) is 3.63. The standard InChI is InChI=1S/C10H12N2O3/c13-9-7(10(14)15)4-6(5-12-9)8-2-1-3-11-8/h4-5,8,11H,1-3H2,(H,12,13)(H,14,15). The predicted octanol–water partition coefficient (Wildman–Crippen LogP) is 0.498. The fourth-order valence-electron chi connectivity index (χ4n) is 1.83. The number of carboxylic acid groups (broad SMARTS) is 1. The van der Waals surface area contributed by atoms with Crippen LogP contribution >= 0.6 is 0 Å². The maximum Gasteiger partial charge on any atom is 0.341 e. The third kappa shape index (κ3) is 1.92. The molecule has 1 aliphatic heterocycles. The average molecular weight is 208 g/mol. The fourth-order valence-corrected chi connectivity index (χ4v) is 1.83. The van der Waals surface area contributed by atoms with E-state index in [0.29, 0.717) is 0 Å². The molecular weight excluding hydrogens is 196 g/mol. The zero-order chi connectivity index (χ0) is 10.8. The molecule has 15 heavy (non-hydrogen) atoms. The van der Waals surface area contributed by atoms with E-state index in [-0.39, 0.29) is 11.6 Å². The van der Waals surface area contributed by atoms with Gasteiger partial charge in [-0.3, -0.25) is 4.79 Å². The molecule has 0 spiro atoms. The van der Waals surface area contributed by atoms with Gasteiger partial charge < -0.3 is 15.4 Å². The highest BCUT2D eigenvalue weighted by molar-refractivity contribution is 5.87. The van der Waals surface area contributed by atoms with E-state index in [4.69, 9.17) is 5.11 Å². The number of hydrogen-bond acceptors (Lipinski definition) is 3. The van der Waals surface area contributed by atoms with Gasteiger partial charge in [-0.2, -0.15) is 0 Å². The van der Waals surface area contributed by atoms with Gasteiger partial charge in [0.25, 0.3) is 5.56 Å². The van der Waals surface area contributed by atoms with Crippen molar-refractivity contribution in [2.45, 2.75) is 18.9 Å². The predicted molar refractivity (Wildman–Crippen MR) is 54.0 cm³/mol. The summed E-state index contributed by atoms with van der Waals surface area (Å²) in [6.07, 6.45) is 3.63. The van der Waals surface area contributed by atoms with Crippen molar-refractivity contribution in [3.8, 4) is 0 Å². The summed E-state index contributed by atoms with van der Waals surface area (Å²) in [6.45, 7) is 0.937. The Morgan fingerprint density at radius 3 is 2.93 bits per heavy atom. The SMILES string of the molecule is O=C(O)c1cc(C2CCCN2)c[nH]c1=O. The number of pyridine rings is 1. The number of aromatic amines is 1. The van der Waals surface area contributed by atoms with Gasteiger partial charge >= 0.3 is 5.97 Å². The lowest BCUT2D eigenvalue weighted by Gasteiger charge is -2.10. The van der Waals surface area contributed by atoms with E-state index < -0.39 is 11.5 Å². The number of rotatable bonds is 2. The number of carboxylic acids is 1. The van der Waals surface area contributed by atoms with Crippen molar-refractivity contribution in [1.29, 1.82) is 0 Å². The van der Waals surface area contributed by atoms with Crippen molar-refractivity contribution in [3.05, 3.63) is 33.7 Å². The summed E-state index contributed by atoms with van der Waals surface area (Å²) in [7, 11) is 0. The minimum atomic E-state index is -1.18. The molecule has 0 saturated carbocycles. The van der Waals surface area contributed by atoms with Gasteiger partial charge in [0.2, 0.25) is 0 Å². The Morgan fingerprint density at radius 2 is 2.33 bits per heavy atom. The molecule has 1 fully saturated rings. The van der Waals surface area contributed by atoms with Gasteiger partial charge in [0.1, 0.15) is 5.56 Å². The summed E-state index contributed by atoms with van der Waals surface area (Å²) < 4.78 is 0. The first-order valence-corrected chi connectivity index (χ1v) is 4.88. The minimum Gasteiger partial charge on any atom is -0.477 e. The number of H-pyrrole nitrogens is 1. The summed E-state index contributed by atoms with van der Waals surface area (Å²) in [5.74, 6) is -1.18. The van der Waals surface area contributed by atoms with Crippen molar-refractivity contribution >= 4 is 5.97 Å². The molecule has 5 heteroatoms. The fraction of sp³-hybridized carbons (Fsp3) is 0.400. The largest absolute Gasteiger partial charge is 0.477 e. The Morgan fingerprint density at radius 1 is 1.53 bits per heavy atom. The minimum absolute atomic E-state index is 0.167. The Bertz CT molecular complexity index is 433. The third-order valence-electron chi connectivity index (χ3n) is 2.62. The van der Waals surface area contributed by atoms with Crippen molar-refractivity contribution in [2.75, 3.05) is 6.54 Å². The molecule has 3 N–H and O–H groups in total. The maximum absolute atomic E-state index is 11.2. The van der Waals surface area contributed by atoms with Crippen LogP contribution in [-0.2, 0) is 0 Å². The summed E-state index contributed by atoms with van der Waals surface area (Å²) in [6, 6.07) is 1.62. The molecule has 0 radical (unpaired) electrons. The molecule has 5 nitrogen and oxygen atoms in total. The van der Waals surface area contributed by atoms with Crippen LogP contribution in [0.2, 0.25) is 0 Å². The van der Waals surface area contributed by atoms with Crippen LogP contribution in [-0.4, -0.2) is 22.6 Å². The Kier molecular flexibility index (Phi) is 2.55. The zero-order valence-electron chi connectivity index (χ0n) is 8.12. The zero-order valence-corrected chi connectivity index (χ0v) is 8.12. The van der Waals surface area contributed by atoms with Gasteiger partial charge in [-0.05, 0) is 31.0 Å². The molecule has 1 aliphatic rings. The van der Waals surface area contributed by atoms with Crippen molar-refractivity contribution in [1.82, 2.24) is 10.3 Å². The van der Waals surface area contributed by atoms with Gasteiger partial charge in [0.15, 0.2) is 0 Å². The highest BCUT2D eigenvalue weighted by Crippen LogP contribution is 2.21. The molecule has 1 atom stereocenters. The maximum atomic E-state index is 11.2. The van der Waals surface area contributed by atoms with E-state index in [1.165, 1.54) is 6.07 Å². The van der Waals surface area contributed by atoms with Crippen LogP contribution < -0.4 is 10.9 Å². The molecule has 0 bridgehead atoms. The Hall–Kier alpha value is -1.62. The molecule has 1 aromatic heterocycles. The lowest BCUT2D eigenvalue weighted by atomic mass is 10.1. The number of carbonyl (C=O) groups is 1. The van der Waals surface area contributed by atoms with E-state index in [0.717, 1.165) is 24.9 Å². The Labute approximate surface area is 86.1 Å². The first kappa shape index (κ1) is 9.92. The normalized spacial score (nSPS) is 20.4. The van der Waals surface area contributed by atoms with E-state index in [2.05, 4.69) is 10.3 Å². The van der Waals surface area contributed by atoms with Gasteiger partial charge in [0.05, 0.1) is 0 Å². The van der Waals surface area contributed by atoms with Gasteiger partial charge in [-0.15, -0.1) is 0 Å². The van der Waals surface area contributed by atoms with Crippen LogP contribution in [0.4, 0.5) is 0 Å². The van der Waals surface area contributed by atoms with Crippen LogP contribution in [0.15, 0.2) is 17.1 Å². The lowest BCUT2D eigenvalue weighted by molar-refractivity contribution is 0.0694. The molecule has 0 aliphatic carbocycles. The summed E-state index contributed by atoms with van der Waals surface area (Å²) in [5, 5.41) is 12.0. The van der Waals surface area contributed by atoms with E-state index >= 15 is 0 Å². The molecule has 0 aromatic carbocycles. The number of aromatic carboxylic acids is 1. The Balaban J connectivity index is 2.37. The van der Waals surface area contributed by atoms with Crippen LogP contribution in [0.3, 0.4) is 0 Å². The number of nitrogens with one attached hydrogen (secondary N) is 2. The quantitative estimate of drug-likeness (QED) is 0.660. The monoisotopic (exact) mass is 208 g/mol. The highest BCUT2D eigenvalue weighted by atomic mass is 16.4. The van der Waals surface area contributed by atoms with Crippen LogP contribution in [0.5, 0.6) is 0 Å². The van der Waals surface area contributed by atoms with Gasteiger partial charge in [0, 0.05) is 12.2 Å². The summed E-state index contributed by atoms with van der Waals surface area (Å²) >= 11 is 0. The second-order valence-electron chi connectivity index (χ2n) is 3.63. The van der Waals surface area contributed by atoms with Gasteiger partial charge in [-0.25, -0.2) is 4.79 Å². The first-order chi connectivity index (χ1) is 7.18. The smallest absolute Gasteiger partial charge is 0.341 e. The van der Waals surface area contributed by atoms with Crippen molar-refractivity contribution in [2.24, 2.45) is 0 Å². The molecule has 1 unspecified atom stereocenters. The lowest BCUT2D eigenvalue weighted by Crippen LogP contribution is -2.20. The third-order valence-corrected chi connectivity index (χ3v) is 2.62. The molecular formula is C10H12N2O3. The molecule has 80 valence electrons. The number of aromatic nitrogens is 1. The van der Waals surface area contributed by atoms with Crippen molar-refractivity contribution in [3.63, 3.8) is 0 Å². The van der Waals surface area contributed by atoms with Crippen LogP contribution in [0.25, 0.3) is 0 Å². The summed E-state index contributed by atoms with van der Waals surface area (Å²) in [4.78, 5) is 24.4. The molecule has 2 rings (SSSR count). The van der Waals surface area contributed by atoms with E-state index in [9.17, 15) is 9.59 Å². The van der Waals surface area contributed by atoms with Crippen LogP contribution in [0.1, 0.15) is 34.8 Å². The average Bonchev–Trinajstić information content (AvgIpc) is 2.71. The summed E-state index contributed by atoms with van der Waals surface area (Å²) in [5.41, 5.74) is 0.0925. The van der Waals surface area contributed by atoms with E-state index in [1.54, 1.807) is 6.20 Å². The second kappa shape index (κ2) is 3.86. The highest BCUT2D eigenvalue weighted by Gasteiger charge is 2.18. The van der Waals surface area contributed by atoms with Crippen LogP contribution in [0, 0.1) is 0 Å². The number of hydrogen-bond donors (Lipinski definition) is 3. The molecule has 2 heterocycles. The molecule has 0 amide bonds.